The number of aryl methyl sites for hydroxylation is 1. The van der Waals surface area contributed by atoms with E-state index in [1.165, 1.54) is 19.3 Å². The van der Waals surface area contributed by atoms with Crippen LogP contribution in [0.15, 0.2) is 12.4 Å². The molecule has 1 fully saturated rings. The number of aromatic nitrogens is 2. The summed E-state index contributed by atoms with van der Waals surface area (Å²) in [4.78, 5) is 4.26. The predicted octanol–water partition coefficient (Wildman–Crippen LogP) is 1.81. The average Bonchev–Trinajstić information content (AvgIpc) is 2.77. The quantitative estimate of drug-likeness (QED) is 0.846. The molecule has 0 radical (unpaired) electrons. The van der Waals surface area contributed by atoms with Crippen LogP contribution in [0.3, 0.4) is 0 Å². The van der Waals surface area contributed by atoms with Gasteiger partial charge in [-0.15, -0.1) is 0 Å². The first-order chi connectivity index (χ1) is 7.85. The first kappa shape index (κ1) is 11.5. The molecule has 4 heteroatoms. The van der Waals surface area contributed by atoms with Crippen LogP contribution in [0.4, 0.5) is 0 Å². The molecule has 0 amide bonds. The minimum Gasteiger partial charge on any atom is -0.460 e. The Morgan fingerprint density at radius 3 is 3.06 bits per heavy atom. The summed E-state index contributed by atoms with van der Waals surface area (Å²) in [5.41, 5.74) is 0. The topological polar surface area (TPSA) is 39.1 Å². The Labute approximate surface area is 97.0 Å². The van der Waals surface area contributed by atoms with Gasteiger partial charge in [-0.25, -0.2) is 4.98 Å². The molecule has 1 aliphatic carbocycles. The summed E-state index contributed by atoms with van der Waals surface area (Å²) in [5.74, 6) is 0. The molecule has 0 aromatic carbocycles. The summed E-state index contributed by atoms with van der Waals surface area (Å²) in [5, 5.41) is 3.34. The molecule has 1 aromatic rings. The van der Waals surface area contributed by atoms with Crippen molar-refractivity contribution < 1.29 is 4.74 Å². The molecule has 2 atom stereocenters. The lowest BCUT2D eigenvalue weighted by molar-refractivity contribution is 0.103. The fourth-order valence-electron chi connectivity index (χ4n) is 2.36. The first-order valence-corrected chi connectivity index (χ1v) is 6.20. The molecule has 90 valence electrons. The third-order valence-electron chi connectivity index (χ3n) is 3.35. The standard InChI is InChI=1S/C12H21N3O/c1-3-15-9-8-14-12(15)16-11-7-5-4-6-10(11)13-2/h8-11,13H,3-7H2,1-2H3. The number of hydrogen-bond acceptors (Lipinski definition) is 3. The minimum atomic E-state index is 0.270. The Hall–Kier alpha value is -1.03. The summed E-state index contributed by atoms with van der Waals surface area (Å²) < 4.78 is 8.05. The van der Waals surface area contributed by atoms with Gasteiger partial charge in [-0.2, -0.15) is 0 Å². The number of ether oxygens (including phenoxy) is 1. The van der Waals surface area contributed by atoms with Crippen molar-refractivity contribution in [3.05, 3.63) is 12.4 Å². The minimum absolute atomic E-state index is 0.270. The summed E-state index contributed by atoms with van der Waals surface area (Å²) in [6, 6.07) is 1.23. The van der Waals surface area contributed by atoms with Crippen LogP contribution >= 0.6 is 0 Å². The van der Waals surface area contributed by atoms with Crippen molar-refractivity contribution in [3.8, 4) is 6.01 Å². The number of likely N-dealkylation sites (N-methyl/N-ethyl adjacent to an activating group) is 1. The smallest absolute Gasteiger partial charge is 0.296 e. The largest absolute Gasteiger partial charge is 0.460 e. The van der Waals surface area contributed by atoms with E-state index in [2.05, 4.69) is 17.2 Å². The number of imidazole rings is 1. The van der Waals surface area contributed by atoms with Gasteiger partial charge < -0.3 is 14.6 Å². The predicted molar refractivity (Wildman–Crippen MR) is 63.6 cm³/mol. The van der Waals surface area contributed by atoms with E-state index in [-0.39, 0.29) is 6.10 Å². The molecule has 1 heterocycles. The van der Waals surface area contributed by atoms with Crippen molar-refractivity contribution in [2.45, 2.75) is 51.3 Å². The monoisotopic (exact) mass is 223 g/mol. The SMILES string of the molecule is CCn1ccnc1OC1CCCCC1NC. The summed E-state index contributed by atoms with van der Waals surface area (Å²) >= 11 is 0. The highest BCUT2D eigenvalue weighted by Crippen LogP contribution is 2.22. The zero-order valence-electron chi connectivity index (χ0n) is 10.1. The van der Waals surface area contributed by atoms with Gasteiger partial charge >= 0.3 is 0 Å². The molecule has 0 spiro atoms. The molecule has 2 rings (SSSR count). The number of hydrogen-bond donors (Lipinski definition) is 1. The lowest BCUT2D eigenvalue weighted by atomic mass is 9.92. The molecule has 0 bridgehead atoms. The van der Waals surface area contributed by atoms with E-state index in [0.29, 0.717) is 6.04 Å². The normalized spacial score (nSPS) is 25.6. The maximum absolute atomic E-state index is 6.01. The van der Waals surface area contributed by atoms with Crippen molar-refractivity contribution in [1.82, 2.24) is 14.9 Å². The molecule has 1 aliphatic rings. The molecule has 1 aromatic heterocycles. The van der Waals surface area contributed by atoms with Crippen molar-refractivity contribution in [1.29, 1.82) is 0 Å². The van der Waals surface area contributed by atoms with Crippen LogP contribution in [0.25, 0.3) is 0 Å². The molecule has 4 nitrogen and oxygen atoms in total. The van der Waals surface area contributed by atoms with Crippen LogP contribution in [0.1, 0.15) is 32.6 Å². The van der Waals surface area contributed by atoms with Crippen LogP contribution in [0.5, 0.6) is 6.01 Å². The molecule has 16 heavy (non-hydrogen) atoms. The van der Waals surface area contributed by atoms with E-state index in [1.807, 2.05) is 17.8 Å². The maximum atomic E-state index is 6.01. The van der Waals surface area contributed by atoms with Gasteiger partial charge in [0.15, 0.2) is 0 Å². The number of nitrogens with one attached hydrogen (secondary N) is 1. The molecular formula is C12H21N3O. The molecule has 1 N–H and O–H groups in total. The highest BCUT2D eigenvalue weighted by Gasteiger charge is 2.26. The van der Waals surface area contributed by atoms with E-state index in [1.54, 1.807) is 6.20 Å². The first-order valence-electron chi connectivity index (χ1n) is 6.20. The van der Waals surface area contributed by atoms with Crippen LogP contribution in [0.2, 0.25) is 0 Å². The third kappa shape index (κ3) is 2.38. The maximum Gasteiger partial charge on any atom is 0.296 e. The van der Waals surface area contributed by atoms with Crippen LogP contribution in [-0.2, 0) is 6.54 Å². The van der Waals surface area contributed by atoms with Gasteiger partial charge in [-0.1, -0.05) is 6.42 Å². The van der Waals surface area contributed by atoms with Gasteiger partial charge in [-0.05, 0) is 33.2 Å². The molecule has 2 unspecified atom stereocenters. The Balaban J connectivity index is 2.02. The van der Waals surface area contributed by atoms with Crippen molar-refractivity contribution in [3.63, 3.8) is 0 Å². The number of nitrogens with zero attached hydrogens (tertiary/aromatic N) is 2. The summed E-state index contributed by atoms with van der Waals surface area (Å²) in [6.45, 7) is 3.01. The zero-order valence-corrected chi connectivity index (χ0v) is 10.1. The van der Waals surface area contributed by atoms with E-state index in [9.17, 15) is 0 Å². The molecular weight excluding hydrogens is 202 g/mol. The van der Waals surface area contributed by atoms with Gasteiger partial charge in [0.25, 0.3) is 6.01 Å². The number of rotatable bonds is 4. The lowest BCUT2D eigenvalue weighted by Crippen LogP contribution is -2.43. The Morgan fingerprint density at radius 1 is 1.50 bits per heavy atom. The second-order valence-electron chi connectivity index (χ2n) is 4.33. The molecule has 0 aliphatic heterocycles. The second-order valence-corrected chi connectivity index (χ2v) is 4.33. The highest BCUT2D eigenvalue weighted by molar-refractivity contribution is 5.00. The van der Waals surface area contributed by atoms with Gasteiger partial charge in [0.2, 0.25) is 0 Å². The molecule has 0 saturated heterocycles. The van der Waals surface area contributed by atoms with Crippen LogP contribution in [0, 0.1) is 0 Å². The Kier molecular flexibility index (Phi) is 3.83. The third-order valence-corrected chi connectivity index (χ3v) is 3.35. The Morgan fingerprint density at radius 2 is 2.31 bits per heavy atom. The van der Waals surface area contributed by atoms with Crippen molar-refractivity contribution in [2.75, 3.05) is 7.05 Å². The van der Waals surface area contributed by atoms with Crippen molar-refractivity contribution in [2.24, 2.45) is 0 Å². The average molecular weight is 223 g/mol. The van der Waals surface area contributed by atoms with E-state index >= 15 is 0 Å². The zero-order chi connectivity index (χ0) is 11.4. The van der Waals surface area contributed by atoms with Gasteiger partial charge in [0, 0.05) is 25.0 Å². The van der Waals surface area contributed by atoms with Crippen LogP contribution < -0.4 is 10.1 Å². The van der Waals surface area contributed by atoms with Gasteiger partial charge in [0.05, 0.1) is 0 Å². The van der Waals surface area contributed by atoms with E-state index < -0.39 is 0 Å². The lowest BCUT2D eigenvalue weighted by Gasteiger charge is -2.31. The highest BCUT2D eigenvalue weighted by atomic mass is 16.5. The van der Waals surface area contributed by atoms with Gasteiger partial charge in [-0.3, -0.25) is 0 Å². The fourth-order valence-corrected chi connectivity index (χ4v) is 2.36. The Bertz CT molecular complexity index is 324. The van der Waals surface area contributed by atoms with E-state index in [0.717, 1.165) is 19.0 Å². The fraction of sp³-hybridized carbons (Fsp3) is 0.750. The summed E-state index contributed by atoms with van der Waals surface area (Å²) in [7, 11) is 2.01. The second kappa shape index (κ2) is 5.34. The van der Waals surface area contributed by atoms with Crippen molar-refractivity contribution >= 4 is 0 Å². The van der Waals surface area contributed by atoms with E-state index in [4.69, 9.17) is 4.74 Å². The summed E-state index contributed by atoms with van der Waals surface area (Å²) in [6.07, 6.45) is 8.92. The molecule has 1 saturated carbocycles. The van der Waals surface area contributed by atoms with Crippen LogP contribution in [-0.4, -0.2) is 28.7 Å². The van der Waals surface area contributed by atoms with Gasteiger partial charge in [0.1, 0.15) is 6.10 Å².